The zero-order valence-electron chi connectivity index (χ0n) is 74.8. The molecule has 0 atom stereocenters. The van der Waals surface area contributed by atoms with Crippen LogP contribution >= 0.6 is 0 Å². The Morgan fingerprint density at radius 1 is 0.333 bits per heavy atom. The molecule has 0 unspecified atom stereocenters. The van der Waals surface area contributed by atoms with Crippen molar-refractivity contribution in [3.05, 3.63) is 313 Å². The number of hydrogen-bond acceptors (Lipinski definition) is 27. The molecule has 0 radical (unpaired) electrons. The maximum atomic E-state index is 13.7. The monoisotopic (exact) mass is 2000 g/mol. The summed E-state index contributed by atoms with van der Waals surface area (Å²) < 4.78 is 283. The van der Waals surface area contributed by atoms with E-state index in [1.807, 2.05) is 62.4 Å². The first-order valence-corrected chi connectivity index (χ1v) is 43.2. The van der Waals surface area contributed by atoms with E-state index in [1.54, 1.807) is 115 Å². The number of ether oxygens (including phenoxy) is 11. The highest BCUT2D eigenvalue weighted by atomic mass is 19.4. The standard InChI is InChI=1S/2C21H15F3N2O3.C20H12F4N2O3.C20H14F3N3O4.C19H16F3NO4/c1-13-3-2-10-25-18(13)12-27-20-17-11-15(6-9-19(17)29-26-20)14-4-7-16(8-5-14)28-21(22,23)24;1-13-3-2-4-16(25-13)12-27-20-18-11-15(7-10-19(18)29-26-20)14-5-8-17(9-6-14)28-21(22,23)24;21-16-2-1-9-25-17(16)11-27-19-15-10-13(5-8-18(15)29-26-19)12-3-6-14(7-4-12)28-20(22,23)24;21-20(22,23)29-14-6-3-11(4-7-14)13-5-8-16-15(9-13)19(26-30-16)27-10-17-24-25-18(28-17)12-1-2-12;1-18(9-24-10-18)11-25-17-15-8-13(4-7-16(15)27-23-17)12-2-5-14(6-3-12)26-19(20,21)22/h2*2-11H,12H2,1H3;1-10H,11H2;3-9,12H,1-2,10H2;2-8H,9-11H2,1H3. The van der Waals surface area contributed by atoms with Gasteiger partial charge in [0.15, 0.2) is 34.5 Å². The van der Waals surface area contributed by atoms with E-state index >= 15 is 0 Å². The van der Waals surface area contributed by atoms with Gasteiger partial charge in [-0.15, -0.1) is 76.1 Å². The average molecular weight is 2000 g/mol. The minimum Gasteiger partial charge on any atom is -0.474 e. The van der Waals surface area contributed by atoms with Crippen LogP contribution in [0.3, 0.4) is 0 Å². The summed E-state index contributed by atoms with van der Waals surface area (Å²) in [7, 11) is 0. The van der Waals surface area contributed by atoms with E-state index < -0.39 is 37.6 Å². The average Bonchev–Trinajstić information content (AvgIpc) is 1.66. The molecule has 19 aromatic rings. The van der Waals surface area contributed by atoms with Crippen LogP contribution in [-0.4, -0.2) is 103 Å². The van der Waals surface area contributed by atoms with Crippen LogP contribution in [-0.2, 0) is 31.2 Å². The van der Waals surface area contributed by atoms with Gasteiger partial charge in [0.1, 0.15) is 60.1 Å². The van der Waals surface area contributed by atoms with Crippen LogP contribution in [0.15, 0.2) is 294 Å². The molecule has 0 amide bonds. The quantitative estimate of drug-likeness (QED) is 0.0455. The fourth-order valence-electron chi connectivity index (χ4n) is 14.3. The van der Waals surface area contributed by atoms with Crippen molar-refractivity contribution in [2.75, 3.05) is 19.8 Å². The molecule has 9 aromatic heterocycles. The minimum atomic E-state index is -4.75. The molecule has 43 heteroatoms. The van der Waals surface area contributed by atoms with Gasteiger partial charge in [-0.05, 0) is 265 Å². The van der Waals surface area contributed by atoms with Crippen molar-refractivity contribution in [2.24, 2.45) is 5.41 Å². The van der Waals surface area contributed by atoms with E-state index in [0.29, 0.717) is 138 Å². The summed E-state index contributed by atoms with van der Waals surface area (Å²) in [6, 6.07) is 66.6. The van der Waals surface area contributed by atoms with Gasteiger partial charge in [-0.2, -0.15) is 0 Å². The van der Waals surface area contributed by atoms with Gasteiger partial charge in [0.05, 0.1) is 58.1 Å². The van der Waals surface area contributed by atoms with Crippen molar-refractivity contribution >= 4 is 54.8 Å². The van der Waals surface area contributed by atoms with Crippen molar-refractivity contribution in [1.29, 1.82) is 0 Å². The molecule has 0 bridgehead atoms. The Labute approximate surface area is 801 Å². The van der Waals surface area contributed by atoms with Crippen molar-refractivity contribution in [2.45, 2.75) is 97.8 Å². The maximum Gasteiger partial charge on any atom is 0.573 e. The lowest BCUT2D eigenvalue weighted by molar-refractivity contribution is -0.275. The zero-order chi connectivity index (χ0) is 101. The molecule has 1 aliphatic heterocycles. The normalized spacial score (nSPS) is 13.0. The summed E-state index contributed by atoms with van der Waals surface area (Å²) in [6.07, 6.45) is -18.4. The lowest BCUT2D eigenvalue weighted by atomic mass is 9.90. The molecule has 1 saturated heterocycles. The number of pyridine rings is 3. The van der Waals surface area contributed by atoms with Gasteiger partial charge in [0.2, 0.25) is 5.89 Å². The van der Waals surface area contributed by atoms with Gasteiger partial charge in [-0.25, -0.2) is 4.39 Å². The van der Waals surface area contributed by atoms with Gasteiger partial charge in [0.25, 0.3) is 35.3 Å². The second kappa shape index (κ2) is 42.2. The Morgan fingerprint density at radius 2 is 0.646 bits per heavy atom. The molecule has 0 N–H and O–H groups in total. The zero-order valence-corrected chi connectivity index (χ0v) is 74.8. The largest absolute Gasteiger partial charge is 0.573 e. The van der Waals surface area contributed by atoms with E-state index in [1.165, 1.54) is 103 Å². The molecule has 2 fully saturated rings. The smallest absolute Gasteiger partial charge is 0.474 e. The second-order valence-electron chi connectivity index (χ2n) is 32.4. The minimum absolute atomic E-state index is 0.0306. The molecule has 2 aliphatic rings. The van der Waals surface area contributed by atoms with Crippen molar-refractivity contribution in [3.8, 4) is 114 Å². The van der Waals surface area contributed by atoms with Gasteiger partial charge in [0, 0.05) is 29.4 Å². The topological polar surface area (TPSA) is 309 Å². The first kappa shape index (κ1) is 98.6. The third-order valence-corrected chi connectivity index (χ3v) is 21.4. The highest BCUT2D eigenvalue weighted by Gasteiger charge is 2.38. The number of halogens is 16. The van der Waals surface area contributed by atoms with E-state index in [9.17, 15) is 70.2 Å². The number of hydrogen-bond donors (Lipinski definition) is 0. The van der Waals surface area contributed by atoms with Gasteiger partial charge in [-0.1, -0.05) is 110 Å². The summed E-state index contributed by atoms with van der Waals surface area (Å²) in [6.45, 7) is 8.02. The lowest BCUT2D eigenvalue weighted by Gasteiger charge is -2.37. The van der Waals surface area contributed by atoms with Crippen LogP contribution in [0.1, 0.15) is 65.8 Å². The van der Waals surface area contributed by atoms with Gasteiger partial charge >= 0.3 is 31.8 Å². The molecule has 1 saturated carbocycles. The van der Waals surface area contributed by atoms with E-state index in [-0.39, 0.29) is 78.0 Å². The number of nitrogens with zero attached hydrogens (tertiary/aromatic N) is 10. The Morgan fingerprint density at radius 3 is 0.958 bits per heavy atom. The van der Waals surface area contributed by atoms with Crippen LogP contribution in [0.5, 0.6) is 58.1 Å². The van der Waals surface area contributed by atoms with Crippen LogP contribution in [0.4, 0.5) is 70.2 Å². The summed E-state index contributed by atoms with van der Waals surface area (Å²) in [5, 5.41) is 30.8. The molecule has 27 nitrogen and oxygen atoms in total. The summed E-state index contributed by atoms with van der Waals surface area (Å²) >= 11 is 0. The fourth-order valence-corrected chi connectivity index (χ4v) is 14.3. The first-order valence-electron chi connectivity index (χ1n) is 43.2. The van der Waals surface area contributed by atoms with Crippen molar-refractivity contribution < 1.29 is 149 Å². The highest BCUT2D eigenvalue weighted by Crippen LogP contribution is 2.43. The number of fused-ring (bicyclic) bond motifs is 5. The van der Waals surface area contributed by atoms with Crippen LogP contribution in [0, 0.1) is 25.1 Å². The summed E-state index contributed by atoms with van der Waals surface area (Å²) in [4.78, 5) is 12.6. The van der Waals surface area contributed by atoms with E-state index in [0.717, 1.165) is 63.3 Å². The highest BCUT2D eigenvalue weighted by molar-refractivity contribution is 5.91. The predicted octanol–water partition coefficient (Wildman–Crippen LogP) is 26.9. The Kier molecular flexibility index (Phi) is 28.9. The second-order valence-corrected chi connectivity index (χ2v) is 32.4. The Hall–Kier alpha value is -17.0. The number of aryl methyl sites for hydroxylation is 2. The SMILES string of the molecule is CC1(COc2noc3ccc(-c4ccc(OC(F)(F)F)cc4)cc23)COC1.Cc1cccc(COc2noc3ccc(-c4ccc(OC(F)(F)F)cc4)cc23)n1.Cc1cccnc1COc1noc2ccc(-c3ccc(OC(F)(F)F)cc3)cc12.FC(F)(F)Oc1ccc(-c2ccc3onc(OCc4nnc(C5CC5)o4)c3c2)cc1.Fc1cccnc1COc1noc2ccc(-c3ccc(OC(F)(F)F)cc3)cc12. The Bertz CT molecular complexity index is 7430. The third kappa shape index (κ3) is 26.4. The molecular formula is C101H72F16N10O17. The molecule has 0 spiro atoms. The molecule has 1 aliphatic carbocycles. The molecule has 144 heavy (non-hydrogen) atoms. The maximum absolute atomic E-state index is 13.7. The molecule has 740 valence electrons. The summed E-state index contributed by atoms with van der Waals surface area (Å²) in [5.41, 5.74) is 13.5. The van der Waals surface area contributed by atoms with E-state index in [2.05, 4.69) is 81.5 Å². The van der Waals surface area contributed by atoms with Crippen molar-refractivity contribution in [3.63, 3.8) is 0 Å². The fraction of sp³-hybridized carbons (Fsp3) is 0.188. The Balaban J connectivity index is 0.000000124. The number of rotatable bonds is 26. The first-order chi connectivity index (χ1) is 68.9. The van der Waals surface area contributed by atoms with Crippen molar-refractivity contribution in [1.82, 2.24) is 50.9 Å². The third-order valence-electron chi connectivity index (χ3n) is 21.4. The molecule has 21 rings (SSSR count). The number of alkyl halides is 15. The molecule has 10 heterocycles. The van der Waals surface area contributed by atoms with Gasteiger partial charge < -0.3 is 79.1 Å². The predicted molar refractivity (Wildman–Crippen MR) is 481 cm³/mol. The van der Waals surface area contributed by atoms with Crippen LogP contribution in [0.25, 0.3) is 110 Å². The molecule has 10 aromatic carbocycles. The number of aromatic nitrogens is 10. The van der Waals surface area contributed by atoms with Crippen LogP contribution in [0.2, 0.25) is 0 Å². The number of benzene rings is 10. The molecular weight excluding hydrogens is 1930 g/mol. The van der Waals surface area contributed by atoms with Gasteiger partial charge in [-0.3, -0.25) is 15.0 Å². The van der Waals surface area contributed by atoms with E-state index in [4.69, 9.17) is 55.5 Å². The summed E-state index contributed by atoms with van der Waals surface area (Å²) in [5.74, 6) is 0.864. The lowest BCUT2D eigenvalue weighted by Crippen LogP contribution is -2.44. The van der Waals surface area contributed by atoms with Crippen LogP contribution < -0.4 is 47.4 Å².